The fourth-order valence-corrected chi connectivity index (χ4v) is 0.286. The van der Waals surface area contributed by atoms with Gasteiger partial charge in [0, 0.05) is 0 Å². The maximum Gasteiger partial charge on any atom is 2.00 e. The van der Waals surface area contributed by atoms with Gasteiger partial charge in [0.2, 0.25) is 0 Å². The molecule has 0 saturated carbocycles. The Labute approximate surface area is 78.6 Å². The summed E-state index contributed by atoms with van der Waals surface area (Å²) in [6.07, 6.45) is 1.06. The molecule has 0 aliphatic carbocycles. The first-order chi connectivity index (χ1) is 3.13. The molecular weight excluding hydrogens is 132 g/mol. The second-order valence-corrected chi connectivity index (χ2v) is 1.37. The predicted octanol–water partition coefficient (Wildman–Crippen LogP) is -0.541. The number of rotatable bonds is 1. The van der Waals surface area contributed by atoms with Crippen molar-refractivity contribution in [3.63, 3.8) is 0 Å². The third-order valence-corrected chi connectivity index (χ3v) is 0.407. The third kappa shape index (κ3) is 9.69. The van der Waals surface area contributed by atoms with E-state index >= 15 is 0 Å². The van der Waals surface area contributed by atoms with Crippen molar-refractivity contribution in [2.75, 3.05) is 0 Å². The summed E-state index contributed by atoms with van der Waals surface area (Å²) in [5.74, 6) is -0.375. The number of hydrogen-bond donors (Lipinski definition) is 0. The van der Waals surface area contributed by atoms with E-state index in [2.05, 4.69) is 0 Å². The smallest absolute Gasteiger partial charge is 0.876 e. The van der Waals surface area contributed by atoms with Crippen LogP contribution in [0.25, 0.3) is 0 Å². The van der Waals surface area contributed by atoms with Gasteiger partial charge in [0.15, 0.2) is 5.78 Å². The summed E-state index contributed by atoms with van der Waals surface area (Å²) in [6, 6.07) is 0. The van der Waals surface area contributed by atoms with Gasteiger partial charge in [-0.25, -0.2) is 0 Å². The van der Waals surface area contributed by atoms with Crippen LogP contribution in [0.5, 0.6) is 0 Å². The third-order valence-electron chi connectivity index (χ3n) is 0.407. The molecule has 0 saturated heterocycles. The van der Waals surface area contributed by atoms with Gasteiger partial charge >= 0.3 is 37.7 Å². The van der Waals surface area contributed by atoms with Gasteiger partial charge in [-0.15, -0.1) is 5.76 Å². The molecule has 0 unspecified atom stereocenters. The van der Waals surface area contributed by atoms with E-state index < -0.39 is 0 Å². The van der Waals surface area contributed by atoms with Crippen LogP contribution in [0.1, 0.15) is 13.8 Å². The number of ketones is 1. The van der Waals surface area contributed by atoms with Crippen molar-refractivity contribution in [1.82, 2.24) is 0 Å². The summed E-state index contributed by atoms with van der Waals surface area (Å²) in [6.45, 7) is 2.70. The van der Waals surface area contributed by atoms with Crippen molar-refractivity contribution in [3.05, 3.63) is 11.8 Å². The average molecular weight is 139 g/mol. The molecule has 0 aromatic carbocycles. The van der Waals surface area contributed by atoms with Gasteiger partial charge in [-0.1, -0.05) is 6.92 Å². The van der Waals surface area contributed by atoms with Gasteiger partial charge in [0.25, 0.3) is 0 Å². The molecule has 0 bridgehead atoms. The number of carbonyl (C=O) groups is 1. The Kier molecular flexibility index (Phi) is 7.91. The van der Waals surface area contributed by atoms with Crippen LogP contribution in [0.2, 0.25) is 0 Å². The number of carbonyl (C=O) groups excluding carboxylic acids is 1. The van der Waals surface area contributed by atoms with Crippen LogP contribution < -0.4 is 5.11 Å². The van der Waals surface area contributed by atoms with E-state index in [9.17, 15) is 9.90 Å². The minimum Gasteiger partial charge on any atom is -0.876 e. The van der Waals surface area contributed by atoms with Crippen molar-refractivity contribution >= 4 is 43.5 Å². The van der Waals surface area contributed by atoms with Crippen LogP contribution in [0.3, 0.4) is 0 Å². The van der Waals surface area contributed by atoms with Gasteiger partial charge in [-0.2, -0.15) is 0 Å². The molecule has 0 aromatic heterocycles. The SMILES string of the molecule is CC(=O)C=C(C)[O-].[Ca+2]. The maximum atomic E-state index is 9.98. The van der Waals surface area contributed by atoms with Crippen LogP contribution in [-0.4, -0.2) is 43.5 Å². The summed E-state index contributed by atoms with van der Waals surface area (Å²) < 4.78 is 0. The molecule has 0 radical (unpaired) electrons. The summed E-state index contributed by atoms with van der Waals surface area (Å²) in [4.78, 5) is 9.98. The zero-order valence-electron chi connectivity index (χ0n) is 5.10. The van der Waals surface area contributed by atoms with E-state index in [1.54, 1.807) is 0 Å². The van der Waals surface area contributed by atoms with Crippen molar-refractivity contribution in [2.45, 2.75) is 13.8 Å². The van der Waals surface area contributed by atoms with E-state index in [1.807, 2.05) is 0 Å². The monoisotopic (exact) mass is 139 g/mol. The van der Waals surface area contributed by atoms with Crippen LogP contribution in [0.4, 0.5) is 0 Å². The van der Waals surface area contributed by atoms with E-state index in [0.717, 1.165) is 6.08 Å². The van der Waals surface area contributed by atoms with Crippen LogP contribution in [0.15, 0.2) is 11.8 Å². The van der Waals surface area contributed by atoms with Gasteiger partial charge in [0.1, 0.15) is 0 Å². The Bertz CT molecular complexity index is 103. The first-order valence-corrected chi connectivity index (χ1v) is 1.99. The first kappa shape index (κ1) is 11.3. The quantitative estimate of drug-likeness (QED) is 0.278. The first-order valence-electron chi connectivity index (χ1n) is 1.99. The van der Waals surface area contributed by atoms with E-state index in [-0.39, 0.29) is 49.3 Å². The summed E-state index contributed by atoms with van der Waals surface area (Å²) in [5.41, 5.74) is 0. The zero-order chi connectivity index (χ0) is 5.86. The minimum absolute atomic E-state index is 0. The molecule has 0 aliphatic rings. The van der Waals surface area contributed by atoms with Gasteiger partial charge in [-0.05, 0) is 13.0 Å². The second kappa shape index (κ2) is 5.60. The number of hydrogen-bond acceptors (Lipinski definition) is 2. The van der Waals surface area contributed by atoms with E-state index in [1.165, 1.54) is 13.8 Å². The molecule has 0 heterocycles. The normalized spacial score (nSPS) is 10.0. The van der Waals surface area contributed by atoms with Crippen LogP contribution in [0, 0.1) is 0 Å². The van der Waals surface area contributed by atoms with Gasteiger partial charge in [-0.3, -0.25) is 4.79 Å². The molecule has 0 rings (SSSR count). The molecule has 0 fully saturated rings. The topological polar surface area (TPSA) is 40.1 Å². The Morgan fingerprint density at radius 1 is 1.50 bits per heavy atom. The van der Waals surface area contributed by atoms with Gasteiger partial charge < -0.3 is 5.11 Å². The molecule has 3 heteroatoms. The summed E-state index contributed by atoms with van der Waals surface area (Å²) >= 11 is 0. The zero-order valence-corrected chi connectivity index (χ0v) is 7.31. The van der Waals surface area contributed by atoms with Crippen LogP contribution >= 0.6 is 0 Å². The number of allylic oxidation sites excluding steroid dienone is 2. The average Bonchev–Trinajstić information content (AvgIpc) is 1.27. The molecule has 40 valence electrons. The summed E-state index contributed by atoms with van der Waals surface area (Å²) in [5, 5.41) is 9.98. The second-order valence-electron chi connectivity index (χ2n) is 1.37. The van der Waals surface area contributed by atoms with Crippen molar-refractivity contribution in [2.24, 2.45) is 0 Å². The molecule has 2 nitrogen and oxygen atoms in total. The van der Waals surface area contributed by atoms with Crippen LogP contribution in [-0.2, 0) is 4.79 Å². The molecule has 0 N–H and O–H groups in total. The molecule has 0 spiro atoms. The predicted molar refractivity (Wildman–Crippen MR) is 30.2 cm³/mol. The Balaban J connectivity index is 0. The Morgan fingerprint density at radius 2 is 1.88 bits per heavy atom. The van der Waals surface area contributed by atoms with Gasteiger partial charge in [0.05, 0.1) is 0 Å². The van der Waals surface area contributed by atoms with E-state index in [4.69, 9.17) is 0 Å². The standard InChI is InChI=1S/C5H8O2.Ca/c1-4(6)3-5(2)7;/h3,6H,1-2H3;/q;+2/p-1. The van der Waals surface area contributed by atoms with Crippen molar-refractivity contribution in [3.8, 4) is 0 Å². The largest absolute Gasteiger partial charge is 2.00 e. The van der Waals surface area contributed by atoms with Crippen molar-refractivity contribution in [1.29, 1.82) is 0 Å². The molecule has 0 amide bonds. The molecule has 0 aromatic rings. The fourth-order valence-electron chi connectivity index (χ4n) is 0.286. The van der Waals surface area contributed by atoms with Crippen molar-refractivity contribution < 1.29 is 9.90 Å². The Hall–Kier alpha value is 0.470. The molecule has 0 aliphatic heterocycles. The summed E-state index contributed by atoms with van der Waals surface area (Å²) in [7, 11) is 0. The molecule has 0 atom stereocenters. The molecule has 8 heavy (non-hydrogen) atoms. The minimum atomic E-state index is -0.187. The van der Waals surface area contributed by atoms with E-state index in [0.29, 0.717) is 0 Å². The molecular formula is C5H7CaO2+. The Morgan fingerprint density at radius 3 is 1.88 bits per heavy atom. The maximum absolute atomic E-state index is 9.98. The fraction of sp³-hybridized carbons (Fsp3) is 0.400.